The molecule has 2 aliphatic rings. The number of aryl methyl sites for hydroxylation is 1. The summed E-state index contributed by atoms with van der Waals surface area (Å²) < 4.78 is 27.9. The largest absolute Gasteiger partial charge is 0.358 e. The lowest BCUT2D eigenvalue weighted by molar-refractivity contribution is 0.179. The van der Waals surface area contributed by atoms with Crippen LogP contribution in [0, 0.1) is 23.0 Å². The van der Waals surface area contributed by atoms with E-state index in [0.717, 1.165) is 62.0 Å². The van der Waals surface area contributed by atoms with Crippen LogP contribution in [0.25, 0.3) is 0 Å². The molecule has 2 aromatic rings. The molecular formula is C26H31F2N3S. The van der Waals surface area contributed by atoms with Crippen LogP contribution in [0.15, 0.2) is 47.5 Å². The van der Waals surface area contributed by atoms with E-state index < -0.39 is 11.6 Å². The zero-order valence-electron chi connectivity index (χ0n) is 19.1. The van der Waals surface area contributed by atoms with E-state index in [-0.39, 0.29) is 10.3 Å². The number of fused-ring (bicyclic) bond motifs is 2. The first-order valence-corrected chi connectivity index (χ1v) is 12.4. The van der Waals surface area contributed by atoms with Crippen LogP contribution in [0.5, 0.6) is 0 Å². The number of nitrogens with one attached hydrogen (secondary N) is 1. The maximum Gasteiger partial charge on any atom is 0.139 e. The van der Waals surface area contributed by atoms with Crippen molar-refractivity contribution in [1.82, 2.24) is 4.90 Å². The second-order valence-electron chi connectivity index (χ2n) is 8.10. The average Bonchev–Trinajstić information content (AvgIpc) is 3.06. The standard InChI is InChI=1S/C24H25F2N3S.C2H6/c1-16-24(19-12-18(15-27)5-6-22(19)28-16)7-10-29(11-8-24)9-3-4-17-13-20(25)23(30-2)21(26)14-17;1-2/h5-6,12-14,28H,1,3-4,7-11H2,2H3;1-2H3. The predicted molar refractivity (Wildman–Crippen MR) is 129 cm³/mol. The lowest BCUT2D eigenvalue weighted by Crippen LogP contribution is -2.43. The molecule has 0 amide bonds. The quantitative estimate of drug-likeness (QED) is 0.523. The Hall–Kier alpha value is -2.36. The summed E-state index contributed by atoms with van der Waals surface area (Å²) in [5.41, 5.74) is 4.54. The Morgan fingerprint density at radius 2 is 1.81 bits per heavy atom. The molecule has 1 spiro atoms. The number of allylic oxidation sites excluding steroid dienone is 1. The van der Waals surface area contributed by atoms with Crippen molar-refractivity contribution in [3.8, 4) is 6.07 Å². The van der Waals surface area contributed by atoms with Gasteiger partial charge in [0.05, 0.1) is 16.5 Å². The summed E-state index contributed by atoms with van der Waals surface area (Å²) in [6.07, 6.45) is 5.10. The molecule has 6 heteroatoms. The maximum absolute atomic E-state index is 14.0. The number of halogens is 2. The molecule has 0 aliphatic carbocycles. The highest BCUT2D eigenvalue weighted by Crippen LogP contribution is 2.49. The second kappa shape index (κ2) is 10.5. The summed E-state index contributed by atoms with van der Waals surface area (Å²) in [5.74, 6) is -0.944. The highest BCUT2D eigenvalue weighted by atomic mass is 32.2. The van der Waals surface area contributed by atoms with Crippen LogP contribution in [0.4, 0.5) is 14.5 Å². The molecule has 2 aliphatic heterocycles. The van der Waals surface area contributed by atoms with Crippen LogP contribution in [0.3, 0.4) is 0 Å². The summed E-state index contributed by atoms with van der Waals surface area (Å²) in [6, 6.07) is 11.0. The molecule has 2 heterocycles. The molecule has 0 saturated carbocycles. The van der Waals surface area contributed by atoms with Crippen molar-refractivity contribution >= 4 is 17.4 Å². The molecule has 0 aromatic heterocycles. The lowest BCUT2D eigenvalue weighted by Gasteiger charge is -2.40. The Labute approximate surface area is 194 Å². The van der Waals surface area contributed by atoms with Crippen molar-refractivity contribution in [1.29, 1.82) is 5.26 Å². The smallest absolute Gasteiger partial charge is 0.139 e. The van der Waals surface area contributed by atoms with Gasteiger partial charge < -0.3 is 10.2 Å². The fraction of sp³-hybridized carbons (Fsp3) is 0.423. The third-order valence-electron chi connectivity index (χ3n) is 6.44. The summed E-state index contributed by atoms with van der Waals surface area (Å²) in [4.78, 5) is 2.50. The Morgan fingerprint density at radius 3 is 2.41 bits per heavy atom. The number of hydrogen-bond acceptors (Lipinski definition) is 4. The number of rotatable bonds is 5. The van der Waals surface area contributed by atoms with E-state index in [1.807, 2.05) is 32.0 Å². The summed E-state index contributed by atoms with van der Waals surface area (Å²) in [5, 5.41) is 12.7. The number of nitriles is 1. The van der Waals surface area contributed by atoms with Crippen LogP contribution < -0.4 is 5.32 Å². The third kappa shape index (κ3) is 4.69. The third-order valence-corrected chi connectivity index (χ3v) is 7.24. The van der Waals surface area contributed by atoms with Gasteiger partial charge in [0.15, 0.2) is 0 Å². The van der Waals surface area contributed by atoms with E-state index in [0.29, 0.717) is 17.5 Å². The topological polar surface area (TPSA) is 39.1 Å². The number of benzene rings is 2. The van der Waals surface area contributed by atoms with E-state index in [9.17, 15) is 14.0 Å². The number of piperidine rings is 1. The van der Waals surface area contributed by atoms with E-state index >= 15 is 0 Å². The van der Waals surface area contributed by atoms with Crippen LogP contribution in [-0.2, 0) is 11.8 Å². The van der Waals surface area contributed by atoms with Gasteiger partial charge in [0.25, 0.3) is 0 Å². The monoisotopic (exact) mass is 455 g/mol. The lowest BCUT2D eigenvalue weighted by atomic mass is 9.72. The Bertz CT molecular complexity index is 997. The van der Waals surface area contributed by atoms with Gasteiger partial charge in [0.1, 0.15) is 11.6 Å². The number of hydrogen-bond donors (Lipinski definition) is 1. The number of likely N-dealkylation sites (tertiary alicyclic amines) is 1. The van der Waals surface area contributed by atoms with Gasteiger partial charge in [0.2, 0.25) is 0 Å². The highest BCUT2D eigenvalue weighted by Gasteiger charge is 2.44. The minimum atomic E-state index is -0.472. The Kier molecular flexibility index (Phi) is 7.97. The minimum Gasteiger partial charge on any atom is -0.358 e. The van der Waals surface area contributed by atoms with Crippen LogP contribution >= 0.6 is 11.8 Å². The minimum absolute atomic E-state index is 0.0883. The van der Waals surface area contributed by atoms with E-state index in [2.05, 4.69) is 22.9 Å². The average molecular weight is 456 g/mol. The fourth-order valence-corrected chi connectivity index (χ4v) is 5.26. The molecule has 0 radical (unpaired) electrons. The molecule has 170 valence electrons. The maximum atomic E-state index is 14.0. The summed E-state index contributed by atoms with van der Waals surface area (Å²) in [7, 11) is 0. The van der Waals surface area contributed by atoms with E-state index in [4.69, 9.17) is 0 Å². The van der Waals surface area contributed by atoms with Crippen molar-refractivity contribution in [2.75, 3.05) is 31.2 Å². The molecule has 4 rings (SSSR count). The predicted octanol–water partition coefficient (Wildman–Crippen LogP) is 6.49. The fourth-order valence-electron chi connectivity index (χ4n) is 4.75. The molecule has 1 saturated heterocycles. The molecule has 2 aromatic carbocycles. The van der Waals surface area contributed by atoms with Crippen LogP contribution in [0.2, 0.25) is 0 Å². The molecule has 0 unspecified atom stereocenters. The normalized spacial score (nSPS) is 16.7. The SMILES string of the molecule is C=C1Nc2ccc(C#N)cc2C12CCN(CCCc1cc(F)c(SC)c(F)c1)CC2.CC. The number of nitrogens with zero attached hydrogens (tertiary/aromatic N) is 2. The van der Waals surface area contributed by atoms with Gasteiger partial charge in [0, 0.05) is 16.8 Å². The van der Waals surface area contributed by atoms with Gasteiger partial charge in [-0.2, -0.15) is 5.26 Å². The molecule has 3 nitrogen and oxygen atoms in total. The second-order valence-corrected chi connectivity index (χ2v) is 8.91. The van der Waals surface area contributed by atoms with Gasteiger partial charge in [-0.25, -0.2) is 8.78 Å². The van der Waals surface area contributed by atoms with Gasteiger partial charge in [-0.3, -0.25) is 0 Å². The molecule has 1 N–H and O–H groups in total. The molecule has 0 bridgehead atoms. The molecular weight excluding hydrogens is 424 g/mol. The van der Waals surface area contributed by atoms with Gasteiger partial charge in [-0.1, -0.05) is 20.4 Å². The van der Waals surface area contributed by atoms with Crippen LogP contribution in [0.1, 0.15) is 49.8 Å². The zero-order valence-corrected chi connectivity index (χ0v) is 19.9. The van der Waals surface area contributed by atoms with Crippen LogP contribution in [-0.4, -0.2) is 30.8 Å². The first-order chi connectivity index (χ1) is 15.5. The van der Waals surface area contributed by atoms with Gasteiger partial charge in [-0.15, -0.1) is 11.8 Å². The van der Waals surface area contributed by atoms with E-state index in [1.165, 1.54) is 17.7 Å². The summed E-state index contributed by atoms with van der Waals surface area (Å²) >= 11 is 1.10. The Balaban J connectivity index is 0.00000141. The van der Waals surface area contributed by atoms with Crippen molar-refractivity contribution in [3.63, 3.8) is 0 Å². The number of thioether (sulfide) groups is 1. The zero-order chi connectivity index (χ0) is 23.3. The molecule has 1 fully saturated rings. The first-order valence-electron chi connectivity index (χ1n) is 11.2. The van der Waals surface area contributed by atoms with Crippen molar-refractivity contribution in [3.05, 3.63) is 70.9 Å². The van der Waals surface area contributed by atoms with Crippen molar-refractivity contribution in [2.45, 2.75) is 49.8 Å². The molecule has 32 heavy (non-hydrogen) atoms. The van der Waals surface area contributed by atoms with Crippen molar-refractivity contribution in [2.24, 2.45) is 0 Å². The van der Waals surface area contributed by atoms with Gasteiger partial charge in [-0.05, 0) is 93.0 Å². The number of anilines is 1. The van der Waals surface area contributed by atoms with E-state index in [1.54, 1.807) is 6.26 Å². The highest BCUT2D eigenvalue weighted by molar-refractivity contribution is 7.98. The first kappa shape index (κ1) is 24.3. The van der Waals surface area contributed by atoms with Crippen molar-refractivity contribution < 1.29 is 8.78 Å². The molecule has 0 atom stereocenters. The summed E-state index contributed by atoms with van der Waals surface area (Å²) in [6.45, 7) is 11.0. The Morgan fingerprint density at radius 1 is 1.16 bits per heavy atom. The van der Waals surface area contributed by atoms with Gasteiger partial charge >= 0.3 is 0 Å².